The van der Waals surface area contributed by atoms with Crippen molar-refractivity contribution in [2.75, 3.05) is 0 Å². The van der Waals surface area contributed by atoms with Gasteiger partial charge in [0.25, 0.3) is 5.56 Å². The molecule has 0 unspecified atom stereocenters. The zero-order valence-corrected chi connectivity index (χ0v) is 12.5. The summed E-state index contributed by atoms with van der Waals surface area (Å²) < 4.78 is 0.665. The molecule has 0 spiro atoms. The summed E-state index contributed by atoms with van der Waals surface area (Å²) in [6, 6.07) is 3.95. The number of ketones is 1. The van der Waals surface area contributed by atoms with E-state index in [1.807, 2.05) is 4.98 Å². The van der Waals surface area contributed by atoms with E-state index in [0.29, 0.717) is 4.57 Å². The predicted molar refractivity (Wildman–Crippen MR) is 79.6 cm³/mol. The van der Waals surface area contributed by atoms with E-state index < -0.39 is 34.3 Å². The highest BCUT2D eigenvalue weighted by Crippen LogP contribution is 2.22. The van der Waals surface area contributed by atoms with E-state index in [1.54, 1.807) is 0 Å². The van der Waals surface area contributed by atoms with E-state index in [4.69, 9.17) is 23.2 Å². The highest BCUT2D eigenvalue weighted by Gasteiger charge is 2.24. The molecule has 2 rings (SSSR count). The normalized spacial score (nSPS) is 10.5. The van der Waals surface area contributed by atoms with Crippen molar-refractivity contribution in [3.8, 4) is 5.69 Å². The second-order valence-electron chi connectivity index (χ2n) is 4.31. The summed E-state index contributed by atoms with van der Waals surface area (Å²) in [4.78, 5) is 48.7. The number of nitrogens with zero attached hydrogens (tertiary/aromatic N) is 1. The molecule has 0 bridgehead atoms. The Bertz CT molecular complexity index is 893. The molecule has 0 aliphatic rings. The quantitative estimate of drug-likeness (QED) is 0.825. The van der Waals surface area contributed by atoms with Crippen LogP contribution in [0.2, 0.25) is 10.0 Å². The number of aromatic nitrogens is 2. The Balaban J connectivity index is 3.01. The molecule has 2 aromatic rings. The Hall–Kier alpha value is -2.38. The number of aromatic amines is 1. The summed E-state index contributed by atoms with van der Waals surface area (Å²) in [7, 11) is 0. The minimum Gasteiger partial charge on any atom is -0.477 e. The first-order valence-electron chi connectivity index (χ1n) is 5.82. The molecule has 2 N–H and O–H groups in total. The summed E-state index contributed by atoms with van der Waals surface area (Å²) in [6.07, 6.45) is 0. The lowest BCUT2D eigenvalue weighted by molar-refractivity contribution is 0.0681. The topological polar surface area (TPSA) is 109 Å². The molecule has 114 valence electrons. The Morgan fingerprint density at radius 3 is 2.14 bits per heavy atom. The van der Waals surface area contributed by atoms with Crippen molar-refractivity contribution in [3.63, 3.8) is 0 Å². The third kappa shape index (κ3) is 2.81. The number of halogens is 2. The second kappa shape index (κ2) is 5.78. The first-order chi connectivity index (χ1) is 10.2. The van der Waals surface area contributed by atoms with Crippen LogP contribution in [0.1, 0.15) is 27.8 Å². The molecule has 0 aliphatic carbocycles. The van der Waals surface area contributed by atoms with E-state index in [2.05, 4.69) is 0 Å². The van der Waals surface area contributed by atoms with Crippen LogP contribution in [0.4, 0.5) is 0 Å². The average Bonchev–Trinajstić information content (AvgIpc) is 2.35. The standard InChI is InChI=1S/C13H8Cl2N2O5/c1-5(18)9-10(12(20)21)17(13(22)16-11(9)19)8-3-6(14)2-7(15)4-8/h2-4H,1H3,(H,20,21)(H,16,19,22). The van der Waals surface area contributed by atoms with Gasteiger partial charge in [-0.15, -0.1) is 0 Å². The fourth-order valence-corrected chi connectivity index (χ4v) is 2.49. The van der Waals surface area contributed by atoms with Crippen LogP contribution in [0.3, 0.4) is 0 Å². The smallest absolute Gasteiger partial charge is 0.354 e. The summed E-state index contributed by atoms with van der Waals surface area (Å²) >= 11 is 11.7. The Morgan fingerprint density at radius 1 is 1.14 bits per heavy atom. The summed E-state index contributed by atoms with van der Waals surface area (Å²) in [5.74, 6) is -2.40. The molecule has 0 aliphatic heterocycles. The van der Waals surface area contributed by atoms with Gasteiger partial charge in [-0.2, -0.15) is 0 Å². The van der Waals surface area contributed by atoms with Gasteiger partial charge in [-0.3, -0.25) is 19.1 Å². The first-order valence-corrected chi connectivity index (χ1v) is 6.58. The number of carboxylic acid groups (broad SMARTS) is 1. The maximum absolute atomic E-state index is 12.0. The number of H-pyrrole nitrogens is 1. The summed E-state index contributed by atoms with van der Waals surface area (Å²) in [6.45, 7) is 1.02. The van der Waals surface area contributed by atoms with Crippen molar-refractivity contribution in [1.29, 1.82) is 0 Å². The van der Waals surface area contributed by atoms with Gasteiger partial charge in [0.05, 0.1) is 5.69 Å². The molecule has 1 aromatic carbocycles. The number of Topliss-reactive ketones (excluding diaryl/α,β-unsaturated/α-hetero) is 1. The number of aromatic carboxylic acids is 1. The van der Waals surface area contributed by atoms with Crippen LogP contribution in [0, 0.1) is 0 Å². The number of carbonyl (C=O) groups is 2. The van der Waals surface area contributed by atoms with Gasteiger partial charge in [0.2, 0.25) is 0 Å². The molecule has 0 amide bonds. The zero-order chi connectivity index (χ0) is 16.6. The van der Waals surface area contributed by atoms with Crippen molar-refractivity contribution < 1.29 is 14.7 Å². The van der Waals surface area contributed by atoms with Crippen molar-refractivity contribution in [3.05, 3.63) is 60.3 Å². The molecule has 0 fully saturated rings. The van der Waals surface area contributed by atoms with E-state index in [1.165, 1.54) is 18.2 Å². The lowest BCUT2D eigenvalue weighted by atomic mass is 10.1. The van der Waals surface area contributed by atoms with Gasteiger partial charge >= 0.3 is 11.7 Å². The molecule has 0 saturated carbocycles. The third-order valence-corrected chi connectivity index (χ3v) is 3.21. The van der Waals surface area contributed by atoms with Crippen LogP contribution in [0.5, 0.6) is 0 Å². The first kappa shape index (κ1) is 16.0. The van der Waals surface area contributed by atoms with Gasteiger partial charge in [0.15, 0.2) is 11.5 Å². The van der Waals surface area contributed by atoms with Crippen LogP contribution >= 0.6 is 23.2 Å². The minimum atomic E-state index is -1.61. The summed E-state index contributed by atoms with van der Waals surface area (Å²) in [5, 5.41) is 9.62. The highest BCUT2D eigenvalue weighted by atomic mass is 35.5. The van der Waals surface area contributed by atoms with Gasteiger partial charge in [-0.25, -0.2) is 9.59 Å². The van der Waals surface area contributed by atoms with Crippen LogP contribution in [-0.2, 0) is 0 Å². The fraction of sp³-hybridized carbons (Fsp3) is 0.0769. The van der Waals surface area contributed by atoms with Crippen molar-refractivity contribution in [2.24, 2.45) is 0 Å². The van der Waals surface area contributed by atoms with Crippen LogP contribution in [0.15, 0.2) is 27.8 Å². The molecule has 22 heavy (non-hydrogen) atoms. The van der Waals surface area contributed by atoms with Crippen molar-refractivity contribution in [1.82, 2.24) is 9.55 Å². The molecule has 1 aromatic heterocycles. The lowest BCUT2D eigenvalue weighted by Crippen LogP contribution is -2.37. The Kier molecular flexibility index (Phi) is 4.20. The van der Waals surface area contributed by atoms with Gasteiger partial charge in [0, 0.05) is 10.0 Å². The fourth-order valence-electron chi connectivity index (χ4n) is 1.98. The van der Waals surface area contributed by atoms with Gasteiger partial charge in [0.1, 0.15) is 5.56 Å². The maximum Gasteiger partial charge on any atom is 0.354 e. The number of benzene rings is 1. The minimum absolute atomic E-state index is 0.0126. The van der Waals surface area contributed by atoms with Crippen LogP contribution in [-0.4, -0.2) is 26.4 Å². The van der Waals surface area contributed by atoms with Gasteiger partial charge in [-0.1, -0.05) is 23.2 Å². The van der Waals surface area contributed by atoms with E-state index in [0.717, 1.165) is 6.92 Å². The van der Waals surface area contributed by atoms with Crippen LogP contribution < -0.4 is 11.2 Å². The summed E-state index contributed by atoms with van der Waals surface area (Å²) in [5.41, 5.74) is -3.47. The Morgan fingerprint density at radius 2 is 1.68 bits per heavy atom. The largest absolute Gasteiger partial charge is 0.477 e. The number of carbonyl (C=O) groups excluding carboxylic acids is 1. The number of hydrogen-bond acceptors (Lipinski definition) is 4. The van der Waals surface area contributed by atoms with E-state index >= 15 is 0 Å². The molecular formula is C13H8Cl2N2O5. The molecule has 9 heteroatoms. The second-order valence-corrected chi connectivity index (χ2v) is 5.18. The molecule has 0 saturated heterocycles. The SMILES string of the molecule is CC(=O)c1c(C(=O)O)n(-c2cc(Cl)cc(Cl)c2)c(=O)[nH]c1=O. The third-order valence-electron chi connectivity index (χ3n) is 2.77. The van der Waals surface area contributed by atoms with E-state index in [9.17, 15) is 24.3 Å². The molecule has 7 nitrogen and oxygen atoms in total. The van der Waals surface area contributed by atoms with Crippen molar-refractivity contribution >= 4 is 35.0 Å². The monoisotopic (exact) mass is 342 g/mol. The number of carboxylic acids is 1. The molecular weight excluding hydrogens is 335 g/mol. The Labute approximate surface area is 132 Å². The predicted octanol–water partition coefficient (Wildman–Crippen LogP) is 1.73. The average molecular weight is 343 g/mol. The molecule has 0 radical (unpaired) electrons. The van der Waals surface area contributed by atoms with Gasteiger partial charge < -0.3 is 5.11 Å². The number of hydrogen-bond donors (Lipinski definition) is 2. The number of rotatable bonds is 3. The van der Waals surface area contributed by atoms with Gasteiger partial charge in [-0.05, 0) is 25.1 Å². The number of nitrogens with one attached hydrogen (secondary N) is 1. The van der Waals surface area contributed by atoms with Crippen molar-refractivity contribution in [2.45, 2.75) is 6.92 Å². The van der Waals surface area contributed by atoms with Crippen LogP contribution in [0.25, 0.3) is 5.69 Å². The maximum atomic E-state index is 12.0. The lowest BCUT2D eigenvalue weighted by Gasteiger charge is -2.12. The van der Waals surface area contributed by atoms with E-state index in [-0.39, 0.29) is 15.7 Å². The highest BCUT2D eigenvalue weighted by molar-refractivity contribution is 6.34. The molecule has 0 atom stereocenters. The molecule has 1 heterocycles. The zero-order valence-electron chi connectivity index (χ0n) is 11.0.